The molecule has 116 valence electrons. The number of aromatic nitrogens is 2. The highest BCUT2D eigenvalue weighted by Crippen LogP contribution is 2.25. The lowest BCUT2D eigenvalue weighted by Crippen LogP contribution is -2.20. The van der Waals surface area contributed by atoms with Crippen LogP contribution in [0, 0.1) is 19.8 Å². The van der Waals surface area contributed by atoms with Gasteiger partial charge in [-0.15, -0.1) is 11.3 Å². The predicted octanol–water partition coefficient (Wildman–Crippen LogP) is 3.52. The highest BCUT2D eigenvalue weighted by molar-refractivity contribution is 7.18. The predicted molar refractivity (Wildman–Crippen MR) is 90.1 cm³/mol. The topological polar surface area (TPSA) is 57.8 Å². The van der Waals surface area contributed by atoms with Crippen LogP contribution in [0.2, 0.25) is 0 Å². The lowest BCUT2D eigenvalue weighted by atomic mass is 10.1. The van der Waals surface area contributed by atoms with Crippen molar-refractivity contribution in [3.63, 3.8) is 0 Å². The Bertz CT molecular complexity index is 657. The first kappa shape index (κ1) is 16.2. The van der Waals surface area contributed by atoms with Crippen LogP contribution in [0.5, 0.6) is 0 Å². The molecular formula is C16H25N3OS. The van der Waals surface area contributed by atoms with Crippen LogP contribution in [0.4, 0.5) is 0 Å². The van der Waals surface area contributed by atoms with Gasteiger partial charge in [0.15, 0.2) is 0 Å². The fourth-order valence-electron chi connectivity index (χ4n) is 2.39. The molecule has 2 N–H and O–H groups in total. The average molecular weight is 307 g/mol. The maximum Gasteiger partial charge on any atom is 0.259 e. The van der Waals surface area contributed by atoms with Gasteiger partial charge in [0.05, 0.1) is 11.9 Å². The highest BCUT2D eigenvalue weighted by atomic mass is 32.1. The summed E-state index contributed by atoms with van der Waals surface area (Å²) in [6, 6.07) is 0. The van der Waals surface area contributed by atoms with Gasteiger partial charge in [0.1, 0.15) is 10.7 Å². The molecule has 2 aromatic heterocycles. The molecule has 0 radical (unpaired) electrons. The Morgan fingerprint density at radius 3 is 2.76 bits per heavy atom. The number of thiophene rings is 1. The van der Waals surface area contributed by atoms with Gasteiger partial charge in [-0.2, -0.15) is 0 Å². The van der Waals surface area contributed by atoms with Crippen molar-refractivity contribution < 1.29 is 0 Å². The molecule has 0 saturated carbocycles. The first-order valence-corrected chi connectivity index (χ1v) is 8.50. The van der Waals surface area contributed by atoms with Gasteiger partial charge in [-0.1, -0.05) is 26.7 Å². The van der Waals surface area contributed by atoms with E-state index in [9.17, 15) is 4.79 Å². The Balaban J connectivity index is 1.93. The van der Waals surface area contributed by atoms with E-state index in [-0.39, 0.29) is 5.56 Å². The molecule has 5 heteroatoms. The minimum atomic E-state index is -0.0153. The normalized spacial score (nSPS) is 11.7. The molecule has 0 saturated heterocycles. The van der Waals surface area contributed by atoms with Crippen LogP contribution in [-0.4, -0.2) is 16.5 Å². The summed E-state index contributed by atoms with van der Waals surface area (Å²) in [7, 11) is 0. The smallest absolute Gasteiger partial charge is 0.259 e. The van der Waals surface area contributed by atoms with Gasteiger partial charge in [-0.05, 0) is 38.3 Å². The first-order chi connectivity index (χ1) is 9.99. The van der Waals surface area contributed by atoms with Crippen molar-refractivity contribution in [3.05, 3.63) is 26.6 Å². The zero-order valence-corrected chi connectivity index (χ0v) is 14.2. The third-order valence-electron chi connectivity index (χ3n) is 3.77. The zero-order chi connectivity index (χ0) is 15.4. The van der Waals surface area contributed by atoms with Gasteiger partial charge in [-0.25, -0.2) is 4.98 Å². The Morgan fingerprint density at radius 1 is 1.29 bits per heavy atom. The minimum Gasteiger partial charge on any atom is -0.310 e. The summed E-state index contributed by atoms with van der Waals surface area (Å²) in [5.74, 6) is 1.51. The molecule has 0 bridgehead atoms. The van der Waals surface area contributed by atoms with Gasteiger partial charge in [-0.3, -0.25) is 4.79 Å². The van der Waals surface area contributed by atoms with Crippen molar-refractivity contribution in [2.24, 2.45) is 5.92 Å². The van der Waals surface area contributed by atoms with Crippen LogP contribution < -0.4 is 10.9 Å². The monoisotopic (exact) mass is 307 g/mol. The zero-order valence-electron chi connectivity index (χ0n) is 13.4. The van der Waals surface area contributed by atoms with E-state index in [1.807, 2.05) is 13.8 Å². The Kier molecular flexibility index (Phi) is 5.53. The fourth-order valence-corrected chi connectivity index (χ4v) is 3.44. The molecule has 0 unspecified atom stereocenters. The van der Waals surface area contributed by atoms with Crippen molar-refractivity contribution in [2.75, 3.05) is 6.54 Å². The number of hydrogen-bond acceptors (Lipinski definition) is 4. The standard InChI is InChI=1S/C16H25N3OS/c1-10(2)7-5-6-8-17-9-13-18-15(20)14-11(3)12(4)21-16(14)19-13/h10,17H,5-9H2,1-4H3,(H,18,19,20). The van der Waals surface area contributed by atoms with Crippen LogP contribution >= 0.6 is 11.3 Å². The highest BCUT2D eigenvalue weighted by Gasteiger charge is 2.11. The van der Waals surface area contributed by atoms with Gasteiger partial charge in [0.25, 0.3) is 5.56 Å². The quantitative estimate of drug-likeness (QED) is 0.770. The van der Waals surface area contributed by atoms with Crippen molar-refractivity contribution in [2.45, 2.75) is 53.5 Å². The second kappa shape index (κ2) is 7.18. The third kappa shape index (κ3) is 4.14. The fraction of sp³-hybridized carbons (Fsp3) is 0.625. The maximum absolute atomic E-state index is 12.1. The van der Waals surface area contributed by atoms with Crippen molar-refractivity contribution in [3.8, 4) is 0 Å². The number of H-pyrrole nitrogens is 1. The largest absolute Gasteiger partial charge is 0.310 e. The summed E-state index contributed by atoms with van der Waals surface area (Å²) in [4.78, 5) is 21.6. The van der Waals surface area contributed by atoms with E-state index in [1.54, 1.807) is 11.3 Å². The number of nitrogens with one attached hydrogen (secondary N) is 2. The number of nitrogens with zero attached hydrogens (tertiary/aromatic N) is 1. The van der Waals surface area contributed by atoms with E-state index in [4.69, 9.17) is 0 Å². The van der Waals surface area contributed by atoms with Crippen LogP contribution in [-0.2, 0) is 6.54 Å². The second-order valence-corrected chi connectivity index (χ2v) is 7.25. The number of unbranched alkanes of at least 4 members (excludes halogenated alkanes) is 1. The molecule has 0 aliphatic carbocycles. The second-order valence-electron chi connectivity index (χ2n) is 6.04. The lowest BCUT2D eigenvalue weighted by molar-refractivity contribution is 0.518. The maximum atomic E-state index is 12.1. The van der Waals surface area contributed by atoms with Gasteiger partial charge < -0.3 is 10.3 Å². The summed E-state index contributed by atoms with van der Waals surface area (Å²) in [5, 5.41) is 4.11. The number of aromatic amines is 1. The number of rotatable bonds is 7. The van der Waals surface area contributed by atoms with E-state index >= 15 is 0 Å². The van der Waals surface area contributed by atoms with E-state index in [0.29, 0.717) is 6.54 Å². The van der Waals surface area contributed by atoms with Crippen molar-refractivity contribution in [1.29, 1.82) is 0 Å². The number of aryl methyl sites for hydroxylation is 2. The number of fused-ring (bicyclic) bond motifs is 1. The summed E-state index contributed by atoms with van der Waals surface area (Å²) in [6.45, 7) is 10.1. The van der Waals surface area contributed by atoms with Gasteiger partial charge >= 0.3 is 0 Å². The van der Waals surface area contributed by atoms with Crippen LogP contribution in [0.25, 0.3) is 10.2 Å². The molecule has 21 heavy (non-hydrogen) atoms. The SMILES string of the molecule is Cc1sc2nc(CNCCCCC(C)C)[nH]c(=O)c2c1C. The lowest BCUT2D eigenvalue weighted by Gasteiger charge is -2.06. The van der Waals surface area contributed by atoms with Crippen molar-refractivity contribution in [1.82, 2.24) is 15.3 Å². The molecule has 0 spiro atoms. The van der Waals surface area contributed by atoms with E-state index in [1.165, 1.54) is 24.1 Å². The van der Waals surface area contributed by atoms with E-state index in [0.717, 1.165) is 34.1 Å². The molecule has 2 aromatic rings. The molecule has 0 aliphatic rings. The molecule has 2 rings (SSSR count). The van der Waals surface area contributed by atoms with E-state index in [2.05, 4.69) is 29.1 Å². The van der Waals surface area contributed by atoms with Crippen LogP contribution in [0.15, 0.2) is 4.79 Å². The average Bonchev–Trinajstić information content (AvgIpc) is 2.69. The summed E-state index contributed by atoms with van der Waals surface area (Å²) in [6.07, 6.45) is 3.69. The summed E-state index contributed by atoms with van der Waals surface area (Å²) < 4.78 is 0. The van der Waals surface area contributed by atoms with Crippen LogP contribution in [0.1, 0.15) is 49.4 Å². The van der Waals surface area contributed by atoms with Crippen molar-refractivity contribution >= 4 is 21.6 Å². The molecular weight excluding hydrogens is 282 g/mol. The molecule has 0 fully saturated rings. The molecule has 4 nitrogen and oxygen atoms in total. The Hall–Kier alpha value is -1.20. The van der Waals surface area contributed by atoms with Gasteiger partial charge in [0.2, 0.25) is 0 Å². The van der Waals surface area contributed by atoms with E-state index < -0.39 is 0 Å². The molecule has 0 amide bonds. The first-order valence-electron chi connectivity index (χ1n) is 7.68. The summed E-state index contributed by atoms with van der Waals surface area (Å²) >= 11 is 1.60. The van der Waals surface area contributed by atoms with Crippen LogP contribution in [0.3, 0.4) is 0 Å². The van der Waals surface area contributed by atoms with Gasteiger partial charge in [0, 0.05) is 4.88 Å². The third-order valence-corrected chi connectivity index (χ3v) is 4.87. The summed E-state index contributed by atoms with van der Waals surface area (Å²) in [5.41, 5.74) is 1.04. The molecule has 0 aliphatic heterocycles. The Morgan fingerprint density at radius 2 is 2.05 bits per heavy atom. The molecule has 0 aromatic carbocycles. The minimum absolute atomic E-state index is 0.0153. The molecule has 0 atom stereocenters. The number of hydrogen-bond donors (Lipinski definition) is 2. The molecule has 2 heterocycles. The Labute approximate surface area is 130 Å².